The number of carboxylic acids is 3. The number of hydrogen-bond acceptors (Lipinski definition) is 3. The molecular weight excluding hydrogens is 367 g/mol. The van der Waals surface area contributed by atoms with Crippen LogP contribution in [0.3, 0.4) is 0 Å². The minimum absolute atomic E-state index is 0. The molecule has 0 radical (unpaired) electrons. The van der Waals surface area contributed by atoms with Crippen LogP contribution in [0.4, 0.5) is 0 Å². The van der Waals surface area contributed by atoms with Crippen molar-refractivity contribution in [3.63, 3.8) is 0 Å². The summed E-state index contributed by atoms with van der Waals surface area (Å²) in [5, 5.41) is 23.9. The van der Waals surface area contributed by atoms with E-state index in [-0.39, 0.29) is 33.4 Å². The first kappa shape index (κ1) is 22.7. The Labute approximate surface area is 87.4 Å². The van der Waals surface area contributed by atoms with Gasteiger partial charge in [0.1, 0.15) is 0 Å². The van der Waals surface area contributed by atoms with Crippen LogP contribution < -0.4 is 0 Å². The number of hydrogen-bond donors (Lipinski definition) is 3. The summed E-state index contributed by atoms with van der Waals surface area (Å²) in [6.07, 6.45) is 0. The zero-order valence-electron chi connectivity index (χ0n) is 6.11. The fraction of sp³-hybridized carbons (Fsp3) is 0.250. The third-order valence-electron chi connectivity index (χ3n) is 0.741. The van der Waals surface area contributed by atoms with Crippen LogP contribution in [0.15, 0.2) is 0 Å². The second-order valence-corrected chi connectivity index (χ2v) is 1.45. The van der Waals surface area contributed by atoms with Crippen molar-refractivity contribution in [1.29, 1.82) is 0 Å². The SMILES string of the molecule is O=C(O)C(C(=O)O)C(=O)O.[NH2-].[NH2-].[Pt+2]. The van der Waals surface area contributed by atoms with Crippen molar-refractivity contribution < 1.29 is 50.8 Å². The van der Waals surface area contributed by atoms with Crippen LogP contribution in [-0.4, -0.2) is 33.2 Å². The first-order valence-electron chi connectivity index (χ1n) is 2.15. The van der Waals surface area contributed by atoms with Crippen LogP contribution in [0.1, 0.15) is 0 Å². The summed E-state index contributed by atoms with van der Waals surface area (Å²) >= 11 is 0. The molecule has 80 valence electrons. The van der Waals surface area contributed by atoms with Crippen LogP contribution in [0, 0.1) is 5.92 Å². The molecule has 0 aromatic heterocycles. The topological polar surface area (TPSA) is 179 Å². The molecule has 0 aromatic carbocycles. The van der Waals surface area contributed by atoms with E-state index in [4.69, 9.17) is 15.3 Å². The summed E-state index contributed by atoms with van der Waals surface area (Å²) in [5.74, 6) is -7.99. The molecule has 7 N–H and O–H groups in total. The second-order valence-electron chi connectivity index (χ2n) is 1.45. The van der Waals surface area contributed by atoms with E-state index in [2.05, 4.69) is 0 Å². The molecule has 0 fully saturated rings. The van der Waals surface area contributed by atoms with Crippen LogP contribution in [-0.2, 0) is 35.4 Å². The molecule has 0 spiro atoms. The van der Waals surface area contributed by atoms with Gasteiger partial charge in [0.25, 0.3) is 0 Å². The first-order chi connectivity index (χ1) is 4.46. The van der Waals surface area contributed by atoms with Gasteiger partial charge in [0.2, 0.25) is 5.92 Å². The van der Waals surface area contributed by atoms with Crippen molar-refractivity contribution in [2.75, 3.05) is 0 Å². The van der Waals surface area contributed by atoms with Crippen LogP contribution >= 0.6 is 0 Å². The molecule has 0 aliphatic heterocycles. The predicted molar refractivity (Wildman–Crippen MR) is 37.0 cm³/mol. The Hall–Kier alpha value is -0.982. The van der Waals surface area contributed by atoms with Gasteiger partial charge in [0.05, 0.1) is 0 Å². The smallest absolute Gasteiger partial charge is 0.693 e. The minimum atomic E-state index is -2.36. The molecule has 0 heterocycles. The molecule has 0 amide bonds. The molecule has 0 aromatic rings. The van der Waals surface area contributed by atoms with Crippen LogP contribution in [0.25, 0.3) is 12.3 Å². The van der Waals surface area contributed by atoms with Gasteiger partial charge in [-0.05, 0) is 0 Å². The minimum Gasteiger partial charge on any atom is -0.693 e. The Morgan fingerprint density at radius 2 is 0.923 bits per heavy atom. The van der Waals surface area contributed by atoms with Gasteiger partial charge in [-0.1, -0.05) is 0 Å². The Kier molecular flexibility index (Phi) is 15.9. The number of aliphatic carboxylic acids is 3. The average Bonchev–Trinajstić information content (AvgIpc) is 1.59. The molecule has 0 saturated heterocycles. The van der Waals surface area contributed by atoms with E-state index < -0.39 is 23.8 Å². The average molecular weight is 375 g/mol. The Balaban J connectivity index is -0.000000135. The molecule has 0 bridgehead atoms. The summed E-state index contributed by atoms with van der Waals surface area (Å²) in [6.45, 7) is 0. The summed E-state index contributed by atoms with van der Waals surface area (Å²) in [7, 11) is 0. The van der Waals surface area contributed by atoms with E-state index in [0.29, 0.717) is 0 Å². The second kappa shape index (κ2) is 9.11. The van der Waals surface area contributed by atoms with E-state index in [9.17, 15) is 14.4 Å². The number of rotatable bonds is 3. The first-order valence-corrected chi connectivity index (χ1v) is 2.15. The van der Waals surface area contributed by atoms with Crippen LogP contribution in [0.2, 0.25) is 0 Å². The molecule has 0 aliphatic carbocycles. The molecule has 0 unspecified atom stereocenters. The van der Waals surface area contributed by atoms with E-state index in [1.54, 1.807) is 0 Å². The van der Waals surface area contributed by atoms with Gasteiger partial charge in [-0.2, -0.15) is 0 Å². The predicted octanol–water partition coefficient (Wildman–Crippen LogP) is 0.288. The molecule has 0 atom stereocenters. The van der Waals surface area contributed by atoms with Gasteiger partial charge in [-0.15, -0.1) is 0 Å². The fourth-order valence-electron chi connectivity index (χ4n) is 0.317. The molecule has 0 saturated carbocycles. The maximum absolute atomic E-state index is 9.82. The molecule has 13 heavy (non-hydrogen) atoms. The van der Waals surface area contributed by atoms with Gasteiger partial charge in [-0.3, -0.25) is 14.4 Å². The van der Waals surface area contributed by atoms with Crippen LogP contribution in [0.5, 0.6) is 0 Å². The summed E-state index contributed by atoms with van der Waals surface area (Å²) in [6, 6.07) is 0. The van der Waals surface area contributed by atoms with E-state index in [1.807, 2.05) is 0 Å². The van der Waals surface area contributed by atoms with Crippen molar-refractivity contribution >= 4 is 17.9 Å². The Morgan fingerprint density at radius 1 is 0.769 bits per heavy atom. The molecule has 9 heteroatoms. The zero-order chi connectivity index (χ0) is 8.31. The van der Waals surface area contributed by atoms with Gasteiger partial charge >= 0.3 is 39.0 Å². The number of carbonyl (C=O) groups is 3. The van der Waals surface area contributed by atoms with Crippen molar-refractivity contribution in [1.82, 2.24) is 0 Å². The van der Waals surface area contributed by atoms with Gasteiger partial charge in [-0.25, -0.2) is 0 Å². The molecule has 0 aliphatic rings. The van der Waals surface area contributed by atoms with E-state index in [0.717, 1.165) is 0 Å². The standard InChI is InChI=1S/C4H4O6.2H2N.Pt/c5-2(6)1(3(7)8)4(9)10;;;/h1H,(H,5,6)(H,7,8)(H,9,10);2*1H2;/q;2*-1;+2. The Morgan fingerprint density at radius 3 is 0.923 bits per heavy atom. The van der Waals surface area contributed by atoms with Crippen molar-refractivity contribution in [2.24, 2.45) is 5.92 Å². The normalized spacial score (nSPS) is 7.15. The maximum Gasteiger partial charge on any atom is 2.00 e. The van der Waals surface area contributed by atoms with Gasteiger partial charge in [0.15, 0.2) is 0 Å². The van der Waals surface area contributed by atoms with Crippen molar-refractivity contribution in [3.8, 4) is 0 Å². The summed E-state index contributed by atoms with van der Waals surface area (Å²) < 4.78 is 0. The molecule has 8 nitrogen and oxygen atoms in total. The van der Waals surface area contributed by atoms with E-state index >= 15 is 0 Å². The summed E-state index contributed by atoms with van der Waals surface area (Å²) in [4.78, 5) is 29.5. The van der Waals surface area contributed by atoms with Gasteiger partial charge < -0.3 is 27.6 Å². The van der Waals surface area contributed by atoms with E-state index in [1.165, 1.54) is 0 Å². The molecular formula is C4H8N2O6Pt. The van der Waals surface area contributed by atoms with Crippen molar-refractivity contribution in [2.45, 2.75) is 0 Å². The molecule has 0 rings (SSSR count). The maximum atomic E-state index is 9.82. The zero-order valence-corrected chi connectivity index (χ0v) is 8.39. The quantitative estimate of drug-likeness (QED) is 0.596. The largest absolute Gasteiger partial charge is 2.00 e. The monoisotopic (exact) mass is 375 g/mol. The van der Waals surface area contributed by atoms with Gasteiger partial charge in [0, 0.05) is 0 Å². The summed E-state index contributed by atoms with van der Waals surface area (Å²) in [5.41, 5.74) is 0. The number of carboxylic acid groups (broad SMARTS) is 3. The Bertz CT molecular complexity index is 162. The fourth-order valence-corrected chi connectivity index (χ4v) is 0.317. The number of nitrogens with two attached hydrogens (primary N) is 2. The third kappa shape index (κ3) is 7.38. The van der Waals surface area contributed by atoms with Crippen molar-refractivity contribution in [3.05, 3.63) is 12.3 Å². The third-order valence-corrected chi connectivity index (χ3v) is 0.741.